The van der Waals surface area contributed by atoms with Crippen molar-refractivity contribution in [3.63, 3.8) is 0 Å². The van der Waals surface area contributed by atoms with Gasteiger partial charge in [0.05, 0.1) is 13.2 Å². The summed E-state index contributed by atoms with van der Waals surface area (Å²) in [5.41, 5.74) is 6.55. The van der Waals surface area contributed by atoms with Gasteiger partial charge in [0.15, 0.2) is 0 Å². The minimum absolute atomic E-state index is 0.221. The summed E-state index contributed by atoms with van der Waals surface area (Å²) in [5.74, 6) is -0.322. The third kappa shape index (κ3) is 3.67. The van der Waals surface area contributed by atoms with Crippen molar-refractivity contribution in [1.82, 2.24) is 0 Å². The second-order valence-electron chi connectivity index (χ2n) is 5.15. The van der Waals surface area contributed by atoms with Crippen LogP contribution in [0.1, 0.15) is 37.7 Å². The molecular formula is C14H19ClFNO. The Labute approximate surface area is 112 Å². The Kier molecular flexibility index (Phi) is 4.60. The van der Waals surface area contributed by atoms with Gasteiger partial charge < -0.3 is 10.5 Å². The second-order valence-corrected chi connectivity index (χ2v) is 5.59. The van der Waals surface area contributed by atoms with Crippen molar-refractivity contribution < 1.29 is 9.13 Å². The highest BCUT2D eigenvalue weighted by molar-refractivity contribution is 6.30. The first kappa shape index (κ1) is 13.8. The molecule has 0 aliphatic heterocycles. The van der Waals surface area contributed by atoms with Gasteiger partial charge in [-0.15, -0.1) is 0 Å². The molecule has 0 unspecified atom stereocenters. The maximum Gasteiger partial charge on any atom is 0.130 e. The first-order chi connectivity index (χ1) is 8.59. The number of halogens is 2. The Morgan fingerprint density at radius 3 is 2.67 bits per heavy atom. The fraction of sp³-hybridized carbons (Fsp3) is 0.571. The van der Waals surface area contributed by atoms with Crippen LogP contribution < -0.4 is 5.73 Å². The van der Waals surface area contributed by atoms with Gasteiger partial charge in [0, 0.05) is 16.1 Å². The molecule has 18 heavy (non-hydrogen) atoms. The predicted molar refractivity (Wildman–Crippen MR) is 71.1 cm³/mol. The zero-order chi connectivity index (χ0) is 13.0. The molecular weight excluding hydrogens is 253 g/mol. The molecule has 1 aromatic rings. The summed E-state index contributed by atoms with van der Waals surface area (Å²) in [4.78, 5) is 0. The van der Waals surface area contributed by atoms with E-state index in [1.54, 1.807) is 12.1 Å². The molecule has 0 bridgehead atoms. The van der Waals surface area contributed by atoms with Crippen LogP contribution in [0.25, 0.3) is 0 Å². The molecule has 4 heteroatoms. The van der Waals surface area contributed by atoms with E-state index in [0.29, 0.717) is 17.2 Å². The van der Waals surface area contributed by atoms with E-state index in [4.69, 9.17) is 22.1 Å². The van der Waals surface area contributed by atoms with E-state index in [-0.39, 0.29) is 18.0 Å². The molecule has 1 saturated carbocycles. The van der Waals surface area contributed by atoms with Crippen LogP contribution in [0.5, 0.6) is 0 Å². The summed E-state index contributed by atoms with van der Waals surface area (Å²) in [6.45, 7) is 0.747. The number of rotatable bonds is 4. The molecule has 0 aromatic heterocycles. The van der Waals surface area contributed by atoms with Crippen molar-refractivity contribution in [2.24, 2.45) is 5.73 Å². The Balaban J connectivity index is 1.84. The lowest BCUT2D eigenvalue weighted by Crippen LogP contribution is -2.46. The van der Waals surface area contributed by atoms with E-state index in [9.17, 15) is 4.39 Å². The SMILES string of the molecule is NC1(COCc2ccc(Cl)cc2F)CCCCC1. The van der Waals surface area contributed by atoms with Gasteiger partial charge in [-0.05, 0) is 25.0 Å². The Bertz CT molecular complexity index is 405. The zero-order valence-corrected chi connectivity index (χ0v) is 11.2. The van der Waals surface area contributed by atoms with Gasteiger partial charge in [0.2, 0.25) is 0 Å². The molecule has 100 valence electrons. The average Bonchev–Trinajstić information content (AvgIpc) is 2.33. The second kappa shape index (κ2) is 6.00. The largest absolute Gasteiger partial charge is 0.375 e. The minimum atomic E-state index is -0.322. The molecule has 1 aliphatic carbocycles. The predicted octanol–water partition coefficient (Wildman–Crippen LogP) is 3.66. The first-order valence-corrected chi connectivity index (χ1v) is 6.77. The summed E-state index contributed by atoms with van der Waals surface area (Å²) in [5, 5.41) is 0.402. The Morgan fingerprint density at radius 2 is 2.00 bits per heavy atom. The van der Waals surface area contributed by atoms with Crippen molar-refractivity contribution in [3.8, 4) is 0 Å². The molecule has 1 aliphatic rings. The molecule has 2 rings (SSSR count). The number of ether oxygens (including phenoxy) is 1. The first-order valence-electron chi connectivity index (χ1n) is 6.40. The highest BCUT2D eigenvalue weighted by Crippen LogP contribution is 2.26. The number of benzene rings is 1. The highest BCUT2D eigenvalue weighted by Gasteiger charge is 2.27. The van der Waals surface area contributed by atoms with E-state index in [2.05, 4.69) is 0 Å². The smallest absolute Gasteiger partial charge is 0.130 e. The summed E-state index contributed by atoms with van der Waals surface area (Å²) in [6.07, 6.45) is 5.57. The van der Waals surface area contributed by atoms with Crippen LogP contribution in [0.3, 0.4) is 0 Å². The number of nitrogens with two attached hydrogens (primary N) is 1. The molecule has 1 fully saturated rings. The van der Waals surface area contributed by atoms with E-state index < -0.39 is 0 Å². The van der Waals surface area contributed by atoms with Gasteiger partial charge in [-0.3, -0.25) is 0 Å². The molecule has 2 N–H and O–H groups in total. The summed E-state index contributed by atoms with van der Waals surface area (Å²) >= 11 is 5.69. The standard InChI is InChI=1S/C14H19ClFNO/c15-12-5-4-11(13(16)8-12)9-18-10-14(17)6-2-1-3-7-14/h4-5,8H,1-3,6-7,9-10,17H2. The normalized spacial score (nSPS) is 18.8. The van der Waals surface area contributed by atoms with Crippen LogP contribution >= 0.6 is 11.6 Å². The molecule has 0 radical (unpaired) electrons. The molecule has 0 spiro atoms. The lowest BCUT2D eigenvalue weighted by atomic mass is 9.83. The third-order valence-electron chi connectivity index (χ3n) is 3.51. The van der Waals surface area contributed by atoms with Gasteiger partial charge in [-0.25, -0.2) is 4.39 Å². The third-order valence-corrected chi connectivity index (χ3v) is 3.75. The van der Waals surface area contributed by atoms with Crippen molar-refractivity contribution in [1.29, 1.82) is 0 Å². The van der Waals surface area contributed by atoms with E-state index in [1.165, 1.54) is 12.5 Å². The number of hydrogen-bond acceptors (Lipinski definition) is 2. The van der Waals surface area contributed by atoms with Crippen LogP contribution in [0.4, 0.5) is 4.39 Å². The quantitative estimate of drug-likeness (QED) is 0.907. The van der Waals surface area contributed by atoms with Crippen molar-refractivity contribution >= 4 is 11.6 Å². The van der Waals surface area contributed by atoms with Gasteiger partial charge in [0.1, 0.15) is 5.82 Å². The van der Waals surface area contributed by atoms with E-state index in [0.717, 1.165) is 25.7 Å². The minimum Gasteiger partial charge on any atom is -0.375 e. The van der Waals surface area contributed by atoms with Crippen LogP contribution in [0.2, 0.25) is 5.02 Å². The molecule has 2 nitrogen and oxygen atoms in total. The fourth-order valence-electron chi connectivity index (χ4n) is 2.40. The van der Waals surface area contributed by atoms with Crippen molar-refractivity contribution in [2.75, 3.05) is 6.61 Å². The van der Waals surface area contributed by atoms with Gasteiger partial charge >= 0.3 is 0 Å². The maximum atomic E-state index is 13.5. The molecule has 0 saturated heterocycles. The monoisotopic (exact) mass is 271 g/mol. The van der Waals surface area contributed by atoms with Crippen LogP contribution in [0, 0.1) is 5.82 Å². The van der Waals surface area contributed by atoms with Gasteiger partial charge in [-0.1, -0.05) is 36.9 Å². The maximum absolute atomic E-state index is 13.5. The molecule has 0 heterocycles. The topological polar surface area (TPSA) is 35.2 Å². The molecule has 0 amide bonds. The highest BCUT2D eigenvalue weighted by atomic mass is 35.5. The Hall–Kier alpha value is -0.640. The van der Waals surface area contributed by atoms with E-state index >= 15 is 0 Å². The van der Waals surface area contributed by atoms with Crippen molar-refractivity contribution in [2.45, 2.75) is 44.2 Å². The van der Waals surface area contributed by atoms with E-state index in [1.807, 2.05) is 0 Å². The fourth-order valence-corrected chi connectivity index (χ4v) is 2.56. The summed E-state index contributed by atoms with van der Waals surface area (Å²) in [6, 6.07) is 4.63. The van der Waals surface area contributed by atoms with Crippen LogP contribution in [0.15, 0.2) is 18.2 Å². The summed E-state index contributed by atoms with van der Waals surface area (Å²) < 4.78 is 19.1. The van der Waals surface area contributed by atoms with Crippen LogP contribution in [-0.4, -0.2) is 12.1 Å². The lowest BCUT2D eigenvalue weighted by molar-refractivity contribution is 0.0560. The van der Waals surface area contributed by atoms with Gasteiger partial charge in [-0.2, -0.15) is 0 Å². The Morgan fingerprint density at radius 1 is 1.28 bits per heavy atom. The van der Waals surface area contributed by atoms with Crippen LogP contribution in [-0.2, 0) is 11.3 Å². The van der Waals surface area contributed by atoms with Gasteiger partial charge in [0.25, 0.3) is 0 Å². The molecule has 0 atom stereocenters. The molecule has 1 aromatic carbocycles. The average molecular weight is 272 g/mol. The zero-order valence-electron chi connectivity index (χ0n) is 10.4. The van der Waals surface area contributed by atoms with Crippen molar-refractivity contribution in [3.05, 3.63) is 34.6 Å². The number of hydrogen-bond donors (Lipinski definition) is 1. The lowest BCUT2D eigenvalue weighted by Gasteiger charge is -2.33. The summed E-state index contributed by atoms with van der Waals surface area (Å²) in [7, 11) is 0.